The summed E-state index contributed by atoms with van der Waals surface area (Å²) < 4.78 is 16.8. The fourth-order valence-electron chi connectivity index (χ4n) is 9.74. The molecule has 70 heavy (non-hydrogen) atoms. The van der Waals surface area contributed by atoms with Crippen LogP contribution in [-0.2, 0) is 28.6 Å². The molecule has 0 amide bonds. The van der Waals surface area contributed by atoms with Crippen molar-refractivity contribution in [3.8, 4) is 0 Å². The largest absolute Gasteiger partial charge is 0.462 e. The Hall–Kier alpha value is -1.85. The summed E-state index contributed by atoms with van der Waals surface area (Å²) >= 11 is 0. The average molecular weight is 988 g/mol. The first-order valence-electron chi connectivity index (χ1n) is 31.7. The highest BCUT2D eigenvalue weighted by Gasteiger charge is 2.19. The highest BCUT2D eigenvalue weighted by atomic mass is 16.6. The van der Waals surface area contributed by atoms with Crippen LogP contribution in [0.15, 0.2) is 12.2 Å². The summed E-state index contributed by atoms with van der Waals surface area (Å²) in [4.78, 5) is 38.0. The molecule has 0 aliphatic heterocycles. The molecule has 0 aliphatic carbocycles. The summed E-state index contributed by atoms with van der Waals surface area (Å²) in [5.41, 5.74) is 0. The zero-order valence-electron chi connectivity index (χ0n) is 47.6. The maximum absolute atomic E-state index is 12.8. The molecule has 0 aliphatic rings. The number of hydrogen-bond acceptors (Lipinski definition) is 6. The Bertz CT molecular complexity index is 1090. The van der Waals surface area contributed by atoms with Crippen LogP contribution in [0.4, 0.5) is 0 Å². The third-order valence-corrected chi connectivity index (χ3v) is 14.5. The first-order chi connectivity index (χ1) is 34.5. The smallest absolute Gasteiger partial charge is 0.306 e. The second-order valence-electron chi connectivity index (χ2n) is 21.7. The molecule has 1 unspecified atom stereocenters. The summed E-state index contributed by atoms with van der Waals surface area (Å²) in [5, 5.41) is 0. The first kappa shape index (κ1) is 68.2. The van der Waals surface area contributed by atoms with Crippen LogP contribution in [0.1, 0.15) is 361 Å². The van der Waals surface area contributed by atoms with Gasteiger partial charge in [0, 0.05) is 19.3 Å². The lowest BCUT2D eigenvalue weighted by molar-refractivity contribution is -0.167. The molecule has 0 aromatic carbocycles. The molecule has 0 radical (unpaired) electrons. The van der Waals surface area contributed by atoms with E-state index in [4.69, 9.17) is 14.2 Å². The first-order valence-corrected chi connectivity index (χ1v) is 31.7. The molecule has 0 aromatic heterocycles. The van der Waals surface area contributed by atoms with Crippen LogP contribution in [0.25, 0.3) is 0 Å². The van der Waals surface area contributed by atoms with Crippen LogP contribution in [0.3, 0.4) is 0 Å². The lowest BCUT2D eigenvalue weighted by Crippen LogP contribution is -2.30. The van der Waals surface area contributed by atoms with Crippen LogP contribution in [-0.4, -0.2) is 37.2 Å². The monoisotopic (exact) mass is 987 g/mol. The van der Waals surface area contributed by atoms with E-state index in [1.807, 2.05) is 0 Å². The number of carbonyl (C=O) groups excluding carboxylic acids is 3. The average Bonchev–Trinajstić information content (AvgIpc) is 3.36. The van der Waals surface area contributed by atoms with Gasteiger partial charge in [0.2, 0.25) is 0 Å². The van der Waals surface area contributed by atoms with Crippen molar-refractivity contribution in [3.63, 3.8) is 0 Å². The number of unbranched alkanes of at least 4 members (excludes halogenated alkanes) is 46. The van der Waals surface area contributed by atoms with Gasteiger partial charge in [0.15, 0.2) is 6.10 Å². The Kier molecular flexibility index (Phi) is 58.1. The minimum absolute atomic E-state index is 0.0682. The van der Waals surface area contributed by atoms with Gasteiger partial charge in [-0.15, -0.1) is 0 Å². The van der Waals surface area contributed by atoms with Gasteiger partial charge >= 0.3 is 17.9 Å². The third kappa shape index (κ3) is 57.1. The van der Waals surface area contributed by atoms with Crippen molar-refractivity contribution in [3.05, 3.63) is 12.2 Å². The van der Waals surface area contributed by atoms with Crippen molar-refractivity contribution in [2.45, 2.75) is 367 Å². The van der Waals surface area contributed by atoms with E-state index in [9.17, 15) is 14.4 Å². The van der Waals surface area contributed by atoms with Crippen LogP contribution in [0.2, 0.25) is 0 Å². The van der Waals surface area contributed by atoms with Crippen molar-refractivity contribution in [2.75, 3.05) is 13.2 Å². The number of ether oxygens (including phenoxy) is 3. The zero-order valence-corrected chi connectivity index (χ0v) is 47.6. The number of allylic oxidation sites excluding steroid dienone is 2. The number of rotatable bonds is 59. The summed E-state index contributed by atoms with van der Waals surface area (Å²) in [6.07, 6.45) is 69.8. The quantitative estimate of drug-likeness (QED) is 0.0261. The standard InChI is InChI=1S/C64H122O6/c1-4-7-10-13-16-18-20-22-24-25-26-27-28-29-30-31-32-33-34-35-36-37-38-40-41-43-45-48-51-54-57-63(66)69-60-61(59-68-62(65)56-53-50-47-15-12-9-6-3)70-64(67)58-55-52-49-46-44-42-39-23-21-19-17-14-11-8-5-2/h23,39,61H,4-22,24-38,40-60H2,1-3H3/b39-23-. The lowest BCUT2D eigenvalue weighted by atomic mass is 10.0. The van der Waals surface area contributed by atoms with E-state index in [2.05, 4.69) is 32.9 Å². The SMILES string of the molecule is CCCCCCCC/C=C\CCCCCCCC(=O)OC(COC(=O)CCCCCCCCC)COC(=O)CCCCCCCCCCCCCCCCCCCCCCCCCCCCCCCC. The third-order valence-electron chi connectivity index (χ3n) is 14.5. The number of carbonyl (C=O) groups is 3. The molecule has 0 aromatic rings. The summed E-state index contributed by atoms with van der Waals surface area (Å²) in [7, 11) is 0. The molecular weight excluding hydrogens is 865 g/mol. The van der Waals surface area contributed by atoms with Gasteiger partial charge in [0.1, 0.15) is 13.2 Å². The van der Waals surface area contributed by atoms with Crippen LogP contribution in [0.5, 0.6) is 0 Å². The second-order valence-corrected chi connectivity index (χ2v) is 21.7. The number of hydrogen-bond donors (Lipinski definition) is 0. The molecule has 414 valence electrons. The topological polar surface area (TPSA) is 78.9 Å². The van der Waals surface area contributed by atoms with Crippen molar-refractivity contribution >= 4 is 17.9 Å². The fourth-order valence-corrected chi connectivity index (χ4v) is 9.74. The van der Waals surface area contributed by atoms with Crippen molar-refractivity contribution in [1.82, 2.24) is 0 Å². The lowest BCUT2D eigenvalue weighted by Gasteiger charge is -2.18. The highest BCUT2D eigenvalue weighted by Crippen LogP contribution is 2.18. The highest BCUT2D eigenvalue weighted by molar-refractivity contribution is 5.71. The minimum atomic E-state index is -0.768. The van der Waals surface area contributed by atoms with Crippen molar-refractivity contribution in [1.29, 1.82) is 0 Å². The van der Waals surface area contributed by atoms with E-state index < -0.39 is 6.10 Å². The van der Waals surface area contributed by atoms with Gasteiger partial charge in [-0.3, -0.25) is 14.4 Å². The fraction of sp³-hybridized carbons (Fsp3) is 0.922. The van der Waals surface area contributed by atoms with Crippen LogP contribution in [0, 0.1) is 0 Å². The predicted molar refractivity (Wildman–Crippen MR) is 303 cm³/mol. The summed E-state index contributed by atoms with van der Waals surface area (Å²) in [5.74, 6) is -0.861. The molecule has 0 bridgehead atoms. The van der Waals surface area contributed by atoms with Crippen LogP contribution >= 0.6 is 0 Å². The Morgan fingerprint density at radius 1 is 0.271 bits per heavy atom. The van der Waals surface area contributed by atoms with E-state index in [1.165, 1.54) is 257 Å². The minimum Gasteiger partial charge on any atom is -0.462 e. The molecule has 0 spiro atoms. The van der Waals surface area contributed by atoms with Gasteiger partial charge in [-0.05, 0) is 44.9 Å². The second kappa shape index (κ2) is 59.7. The predicted octanol–water partition coefficient (Wildman–Crippen LogP) is 21.3. The van der Waals surface area contributed by atoms with Gasteiger partial charge in [0.25, 0.3) is 0 Å². The van der Waals surface area contributed by atoms with E-state index in [0.717, 1.165) is 64.2 Å². The molecule has 6 heteroatoms. The zero-order chi connectivity index (χ0) is 50.7. The van der Waals surface area contributed by atoms with Crippen molar-refractivity contribution < 1.29 is 28.6 Å². The maximum atomic E-state index is 12.8. The Balaban J connectivity index is 3.97. The maximum Gasteiger partial charge on any atom is 0.306 e. The Morgan fingerprint density at radius 3 is 0.714 bits per heavy atom. The van der Waals surface area contributed by atoms with Gasteiger partial charge in [-0.25, -0.2) is 0 Å². The molecule has 0 saturated heterocycles. The molecule has 0 N–H and O–H groups in total. The van der Waals surface area contributed by atoms with Crippen molar-refractivity contribution in [2.24, 2.45) is 0 Å². The molecule has 0 rings (SSSR count). The number of esters is 3. The molecule has 1 atom stereocenters. The van der Waals surface area contributed by atoms with E-state index in [1.54, 1.807) is 0 Å². The summed E-state index contributed by atoms with van der Waals surface area (Å²) in [6.45, 7) is 6.64. The van der Waals surface area contributed by atoms with E-state index >= 15 is 0 Å². The molecular formula is C64H122O6. The van der Waals surface area contributed by atoms with Crippen LogP contribution < -0.4 is 0 Å². The normalized spacial score (nSPS) is 12.0. The van der Waals surface area contributed by atoms with E-state index in [-0.39, 0.29) is 31.1 Å². The van der Waals surface area contributed by atoms with Gasteiger partial charge in [-0.2, -0.15) is 0 Å². The Morgan fingerprint density at radius 2 is 0.471 bits per heavy atom. The van der Waals surface area contributed by atoms with Gasteiger partial charge < -0.3 is 14.2 Å². The molecule has 0 heterocycles. The Labute approximate surface area is 437 Å². The van der Waals surface area contributed by atoms with Gasteiger partial charge in [-0.1, -0.05) is 309 Å². The van der Waals surface area contributed by atoms with Gasteiger partial charge in [0.05, 0.1) is 0 Å². The molecule has 6 nitrogen and oxygen atoms in total. The molecule has 0 saturated carbocycles. The summed E-state index contributed by atoms with van der Waals surface area (Å²) in [6, 6.07) is 0. The molecule has 0 fully saturated rings. The van der Waals surface area contributed by atoms with E-state index in [0.29, 0.717) is 19.3 Å².